The van der Waals surface area contributed by atoms with Crippen LogP contribution in [0.4, 0.5) is 0 Å². The van der Waals surface area contributed by atoms with E-state index in [-0.39, 0.29) is 11.8 Å². The van der Waals surface area contributed by atoms with Crippen molar-refractivity contribution in [3.63, 3.8) is 0 Å². The molecule has 1 amide bonds. The Morgan fingerprint density at radius 3 is 2.50 bits per heavy atom. The van der Waals surface area contributed by atoms with Crippen LogP contribution in [0, 0.1) is 5.92 Å². The van der Waals surface area contributed by atoms with Crippen molar-refractivity contribution in [3.05, 3.63) is 11.8 Å². The number of carbonyl (C=O) groups is 1. The lowest BCUT2D eigenvalue weighted by Gasteiger charge is -2.33. The van der Waals surface area contributed by atoms with Gasteiger partial charge in [0.05, 0.1) is 12.0 Å². The van der Waals surface area contributed by atoms with Crippen LogP contribution < -0.4 is 0 Å². The van der Waals surface area contributed by atoms with E-state index < -0.39 is 0 Å². The van der Waals surface area contributed by atoms with Crippen molar-refractivity contribution in [2.75, 3.05) is 7.05 Å². The number of carbonyl (C=O) groups excluding carboxylic acids is 1. The highest BCUT2D eigenvalue weighted by Crippen LogP contribution is 2.32. The summed E-state index contributed by atoms with van der Waals surface area (Å²) < 4.78 is 0. The van der Waals surface area contributed by atoms with Crippen LogP contribution in [0.1, 0.15) is 34.1 Å². The molecular formula is C13H22N2O. The van der Waals surface area contributed by atoms with Gasteiger partial charge in [-0.15, -0.1) is 0 Å². The normalized spacial score (nSPS) is 40.7. The molecule has 4 atom stereocenters. The number of fused-ring (bicyclic) bond motifs is 1. The van der Waals surface area contributed by atoms with Crippen LogP contribution in [-0.4, -0.2) is 40.9 Å². The average molecular weight is 222 g/mol. The molecule has 0 radical (unpaired) electrons. The molecule has 0 bridgehead atoms. The number of hydrogen-bond donors (Lipinski definition) is 0. The summed E-state index contributed by atoms with van der Waals surface area (Å²) in [6.07, 6.45) is 3.07. The van der Waals surface area contributed by atoms with Gasteiger partial charge in [0.25, 0.3) is 0 Å². The topological polar surface area (TPSA) is 23.6 Å². The van der Waals surface area contributed by atoms with Crippen molar-refractivity contribution in [2.45, 2.75) is 52.2 Å². The highest BCUT2D eigenvalue weighted by molar-refractivity contribution is 5.81. The van der Waals surface area contributed by atoms with E-state index in [4.69, 9.17) is 0 Å². The van der Waals surface area contributed by atoms with Gasteiger partial charge in [-0.1, -0.05) is 12.5 Å². The lowest BCUT2D eigenvalue weighted by molar-refractivity contribution is -0.133. The summed E-state index contributed by atoms with van der Waals surface area (Å²) in [5.41, 5.74) is 1.32. The molecular weight excluding hydrogens is 200 g/mol. The summed E-state index contributed by atoms with van der Waals surface area (Å²) in [5, 5.41) is 0. The van der Waals surface area contributed by atoms with Gasteiger partial charge in [0.2, 0.25) is 5.91 Å². The van der Waals surface area contributed by atoms with E-state index >= 15 is 0 Å². The molecule has 90 valence electrons. The molecule has 2 aliphatic rings. The van der Waals surface area contributed by atoms with Gasteiger partial charge in [-0.05, 0) is 34.2 Å². The third-order valence-electron chi connectivity index (χ3n) is 4.46. The van der Waals surface area contributed by atoms with E-state index in [0.29, 0.717) is 18.1 Å². The van der Waals surface area contributed by atoms with Crippen LogP contribution in [0.15, 0.2) is 11.8 Å². The zero-order chi connectivity index (χ0) is 12.0. The van der Waals surface area contributed by atoms with Gasteiger partial charge in [-0.3, -0.25) is 9.69 Å². The van der Waals surface area contributed by atoms with Gasteiger partial charge in [0.1, 0.15) is 0 Å². The first-order chi connectivity index (χ1) is 7.43. The van der Waals surface area contributed by atoms with Crippen molar-refractivity contribution in [1.29, 1.82) is 0 Å². The van der Waals surface area contributed by atoms with Crippen molar-refractivity contribution < 1.29 is 4.79 Å². The quantitative estimate of drug-likeness (QED) is 0.624. The first-order valence-electron chi connectivity index (χ1n) is 6.15. The van der Waals surface area contributed by atoms with E-state index in [0.717, 1.165) is 6.42 Å². The molecule has 3 unspecified atom stereocenters. The van der Waals surface area contributed by atoms with E-state index in [2.05, 4.69) is 32.7 Å². The van der Waals surface area contributed by atoms with Crippen LogP contribution in [0.25, 0.3) is 0 Å². The Morgan fingerprint density at radius 2 is 1.88 bits per heavy atom. The largest absolute Gasteiger partial charge is 0.314 e. The van der Waals surface area contributed by atoms with Crippen molar-refractivity contribution in [3.8, 4) is 0 Å². The fourth-order valence-corrected chi connectivity index (χ4v) is 2.88. The first-order valence-corrected chi connectivity index (χ1v) is 6.15. The molecule has 2 rings (SSSR count). The predicted molar refractivity (Wildman–Crippen MR) is 64.9 cm³/mol. The molecule has 16 heavy (non-hydrogen) atoms. The van der Waals surface area contributed by atoms with Gasteiger partial charge < -0.3 is 4.90 Å². The van der Waals surface area contributed by atoms with Crippen LogP contribution in [0.2, 0.25) is 0 Å². The summed E-state index contributed by atoms with van der Waals surface area (Å²) in [6, 6.07) is 1.09. The Kier molecular flexibility index (Phi) is 2.82. The molecule has 2 heterocycles. The fraction of sp³-hybridized carbons (Fsp3) is 0.769. The second-order valence-electron chi connectivity index (χ2n) is 5.43. The standard InChI is InChI=1S/C13H22N2O/c1-8-6-12-11(4)14(5)10(3)9(2)13(16)15(12)7-8/h7,9-12H,6H2,1-5H3/t9?,10?,11?,12-/m0/s1. The molecule has 0 spiro atoms. The predicted octanol–water partition coefficient (Wildman–Crippen LogP) is 1.85. The molecule has 0 aliphatic carbocycles. The molecule has 3 nitrogen and oxygen atoms in total. The fourth-order valence-electron chi connectivity index (χ4n) is 2.88. The maximum absolute atomic E-state index is 12.3. The molecule has 1 fully saturated rings. The molecule has 1 saturated heterocycles. The highest BCUT2D eigenvalue weighted by Gasteiger charge is 2.42. The molecule has 0 aromatic rings. The minimum atomic E-state index is 0.0830. The van der Waals surface area contributed by atoms with Gasteiger partial charge in [-0.2, -0.15) is 0 Å². The van der Waals surface area contributed by atoms with Crippen LogP contribution in [0.5, 0.6) is 0 Å². The van der Waals surface area contributed by atoms with E-state index in [1.54, 1.807) is 0 Å². The van der Waals surface area contributed by atoms with E-state index in [1.165, 1.54) is 5.57 Å². The number of rotatable bonds is 0. The number of nitrogens with zero attached hydrogens (tertiary/aromatic N) is 2. The summed E-state index contributed by atoms with van der Waals surface area (Å²) in [7, 11) is 2.14. The van der Waals surface area contributed by atoms with E-state index in [9.17, 15) is 4.79 Å². The first kappa shape index (κ1) is 11.6. The highest BCUT2D eigenvalue weighted by atomic mass is 16.2. The molecule has 0 aromatic carbocycles. The zero-order valence-electron chi connectivity index (χ0n) is 10.9. The summed E-state index contributed by atoms with van der Waals surface area (Å²) in [5.74, 6) is 0.366. The molecule has 2 aliphatic heterocycles. The van der Waals surface area contributed by atoms with Crippen LogP contribution >= 0.6 is 0 Å². The summed E-state index contributed by atoms with van der Waals surface area (Å²) in [4.78, 5) is 16.7. The monoisotopic (exact) mass is 222 g/mol. The summed E-state index contributed by atoms with van der Waals surface area (Å²) in [6.45, 7) is 8.53. The second-order valence-corrected chi connectivity index (χ2v) is 5.43. The van der Waals surface area contributed by atoms with Crippen LogP contribution in [-0.2, 0) is 4.79 Å². The maximum Gasteiger partial charge on any atom is 0.231 e. The lowest BCUT2D eigenvalue weighted by atomic mass is 10.0. The second kappa shape index (κ2) is 3.88. The molecule has 0 aromatic heterocycles. The maximum atomic E-state index is 12.3. The van der Waals surface area contributed by atoms with Crippen molar-refractivity contribution in [2.24, 2.45) is 5.92 Å². The smallest absolute Gasteiger partial charge is 0.231 e. The molecule has 0 N–H and O–H groups in total. The third-order valence-corrected chi connectivity index (χ3v) is 4.46. The summed E-state index contributed by atoms with van der Waals surface area (Å²) >= 11 is 0. The minimum Gasteiger partial charge on any atom is -0.314 e. The SMILES string of the molecule is CC1=CN2C(=O)C(C)C(C)N(C)C(C)[C@@H]2C1. The average Bonchev–Trinajstić information content (AvgIpc) is 2.63. The zero-order valence-corrected chi connectivity index (χ0v) is 10.9. The van der Waals surface area contributed by atoms with Crippen molar-refractivity contribution in [1.82, 2.24) is 9.80 Å². The van der Waals surface area contributed by atoms with Gasteiger partial charge in [0.15, 0.2) is 0 Å². The Morgan fingerprint density at radius 1 is 1.25 bits per heavy atom. The van der Waals surface area contributed by atoms with Crippen molar-refractivity contribution >= 4 is 5.91 Å². The lowest BCUT2D eigenvalue weighted by Crippen LogP contribution is -2.45. The van der Waals surface area contributed by atoms with Crippen LogP contribution in [0.3, 0.4) is 0 Å². The van der Waals surface area contributed by atoms with Gasteiger partial charge in [-0.25, -0.2) is 0 Å². The van der Waals surface area contributed by atoms with E-state index in [1.807, 2.05) is 18.0 Å². The number of likely N-dealkylation sites (N-methyl/N-ethyl adjacent to an activating group) is 1. The Balaban J connectivity index is 2.36. The third kappa shape index (κ3) is 1.58. The van der Waals surface area contributed by atoms with Gasteiger partial charge >= 0.3 is 0 Å². The Bertz CT molecular complexity index is 337. The molecule has 0 saturated carbocycles. The number of amides is 1. The molecule has 3 heteroatoms. The number of hydrogen-bond acceptors (Lipinski definition) is 2. The Labute approximate surface area is 98.1 Å². The minimum absolute atomic E-state index is 0.0830. The Hall–Kier alpha value is -0.830. The van der Waals surface area contributed by atoms with Gasteiger partial charge in [0, 0.05) is 18.3 Å².